The van der Waals surface area contributed by atoms with Crippen molar-refractivity contribution >= 4 is 56.4 Å². The maximum Gasteiger partial charge on any atom is 0.127 e. The van der Waals surface area contributed by atoms with Crippen molar-refractivity contribution in [3.63, 3.8) is 0 Å². The number of rotatable bonds is 3. The normalized spacial score (nSPS) is 19.1. The molecule has 2 N–H and O–H groups in total. The van der Waals surface area contributed by atoms with E-state index in [1.165, 1.54) is 0 Å². The van der Waals surface area contributed by atoms with E-state index in [0.29, 0.717) is 21.5 Å². The third-order valence-corrected chi connectivity index (χ3v) is 6.15. The molecule has 2 atom stereocenters. The first-order chi connectivity index (χ1) is 13.9. The molecule has 1 heterocycles. The van der Waals surface area contributed by atoms with Gasteiger partial charge in [0.05, 0.1) is 0 Å². The third-order valence-electron chi connectivity index (χ3n) is 4.84. The molecule has 0 fully saturated rings. The summed E-state index contributed by atoms with van der Waals surface area (Å²) in [6, 6.07) is 18.2. The average Bonchev–Trinajstić information content (AvgIpc) is 2.70. The van der Waals surface area contributed by atoms with Gasteiger partial charge in [-0.05, 0) is 48.0 Å². The number of nitrogens with zero attached hydrogens (tertiary/aromatic N) is 1. The van der Waals surface area contributed by atoms with E-state index in [2.05, 4.69) is 21.2 Å². The van der Waals surface area contributed by atoms with Crippen molar-refractivity contribution in [3.8, 4) is 5.75 Å². The van der Waals surface area contributed by atoms with E-state index < -0.39 is 0 Å². The Morgan fingerprint density at radius 3 is 2.34 bits per heavy atom. The molecule has 29 heavy (non-hydrogen) atoms. The SMILES string of the molecule is Oc1ccc(Br)cc1C1CC(c2ccc(Cl)cc2)=NC(c2ccc(Cl)cc2Cl)N1. The monoisotopic (exact) mass is 508 g/mol. The Labute approximate surface area is 192 Å². The van der Waals surface area contributed by atoms with Crippen LogP contribution >= 0.6 is 50.7 Å². The standard InChI is InChI=1S/C22H16BrCl3N2O/c23-13-3-8-21(29)17(9-13)20-11-19(12-1-4-14(24)5-2-12)27-22(28-20)16-7-6-15(25)10-18(16)26/h1-10,20,22,28-29H,11H2. The van der Waals surface area contributed by atoms with Crippen LogP contribution in [0.5, 0.6) is 5.75 Å². The van der Waals surface area contributed by atoms with Crippen LogP contribution in [0, 0.1) is 0 Å². The van der Waals surface area contributed by atoms with Gasteiger partial charge < -0.3 is 5.11 Å². The van der Waals surface area contributed by atoms with E-state index in [4.69, 9.17) is 39.8 Å². The maximum atomic E-state index is 10.5. The topological polar surface area (TPSA) is 44.6 Å². The number of phenols is 1. The largest absolute Gasteiger partial charge is 0.508 e. The van der Waals surface area contributed by atoms with Crippen molar-refractivity contribution in [2.45, 2.75) is 18.6 Å². The molecule has 3 nitrogen and oxygen atoms in total. The fourth-order valence-electron chi connectivity index (χ4n) is 3.41. The third kappa shape index (κ3) is 4.62. The molecule has 2 unspecified atom stereocenters. The molecule has 0 spiro atoms. The Kier molecular flexibility index (Phi) is 6.19. The van der Waals surface area contributed by atoms with Gasteiger partial charge in [-0.15, -0.1) is 0 Å². The number of aromatic hydroxyl groups is 1. The summed E-state index contributed by atoms with van der Waals surface area (Å²) in [5.74, 6) is 0.226. The molecule has 0 amide bonds. The summed E-state index contributed by atoms with van der Waals surface area (Å²) >= 11 is 22.1. The van der Waals surface area contributed by atoms with E-state index in [1.807, 2.05) is 42.5 Å². The zero-order valence-corrected chi connectivity index (χ0v) is 18.9. The van der Waals surface area contributed by atoms with Gasteiger partial charge in [0.15, 0.2) is 0 Å². The molecule has 0 aliphatic carbocycles. The number of halogens is 4. The molecule has 3 aromatic carbocycles. The summed E-state index contributed by atoms with van der Waals surface area (Å²) in [5, 5.41) is 15.7. The highest BCUT2D eigenvalue weighted by atomic mass is 79.9. The summed E-state index contributed by atoms with van der Waals surface area (Å²) in [6.45, 7) is 0. The van der Waals surface area contributed by atoms with Gasteiger partial charge in [-0.1, -0.05) is 68.9 Å². The van der Waals surface area contributed by atoms with Crippen molar-refractivity contribution in [1.29, 1.82) is 0 Å². The Morgan fingerprint density at radius 1 is 0.897 bits per heavy atom. The first kappa shape index (κ1) is 20.7. The van der Waals surface area contributed by atoms with Crippen molar-refractivity contribution in [2.75, 3.05) is 0 Å². The zero-order valence-electron chi connectivity index (χ0n) is 15.0. The number of benzene rings is 3. The second kappa shape index (κ2) is 8.66. The summed E-state index contributed by atoms with van der Waals surface area (Å²) in [5.41, 5.74) is 3.49. The fraction of sp³-hybridized carbons (Fsp3) is 0.136. The lowest BCUT2D eigenvalue weighted by Crippen LogP contribution is -2.33. The van der Waals surface area contributed by atoms with Gasteiger partial charge >= 0.3 is 0 Å². The quantitative estimate of drug-likeness (QED) is 0.387. The van der Waals surface area contributed by atoms with Gasteiger partial charge in [0, 0.05) is 48.8 Å². The molecule has 0 aromatic heterocycles. The van der Waals surface area contributed by atoms with Gasteiger partial charge in [0.2, 0.25) is 0 Å². The van der Waals surface area contributed by atoms with Crippen LogP contribution in [-0.4, -0.2) is 10.8 Å². The van der Waals surface area contributed by atoms with E-state index in [-0.39, 0.29) is 18.0 Å². The molecule has 3 aromatic rings. The lowest BCUT2D eigenvalue weighted by Gasteiger charge is -2.31. The summed E-state index contributed by atoms with van der Waals surface area (Å²) in [4.78, 5) is 4.91. The second-order valence-electron chi connectivity index (χ2n) is 6.78. The van der Waals surface area contributed by atoms with E-state index >= 15 is 0 Å². The van der Waals surface area contributed by atoms with E-state index in [1.54, 1.807) is 18.2 Å². The van der Waals surface area contributed by atoms with Gasteiger partial charge in [0.25, 0.3) is 0 Å². The first-order valence-corrected chi connectivity index (χ1v) is 10.9. The molecule has 0 saturated heterocycles. The van der Waals surface area contributed by atoms with Gasteiger partial charge in [-0.25, -0.2) is 0 Å². The smallest absolute Gasteiger partial charge is 0.127 e. The Hall–Kier alpha value is -1.56. The number of phenolic OH excluding ortho intramolecular Hbond substituents is 1. The molecule has 0 saturated carbocycles. The minimum absolute atomic E-state index is 0.160. The molecule has 7 heteroatoms. The van der Waals surface area contributed by atoms with Gasteiger partial charge in [0.1, 0.15) is 11.9 Å². The highest BCUT2D eigenvalue weighted by Gasteiger charge is 2.28. The molecule has 1 aliphatic heterocycles. The Balaban J connectivity index is 1.79. The maximum absolute atomic E-state index is 10.5. The number of hydrogen-bond donors (Lipinski definition) is 2. The lowest BCUT2D eigenvalue weighted by atomic mass is 9.93. The molecule has 0 radical (unpaired) electrons. The van der Waals surface area contributed by atoms with Crippen LogP contribution in [-0.2, 0) is 0 Å². The molecule has 148 valence electrons. The molecule has 4 rings (SSSR count). The lowest BCUT2D eigenvalue weighted by molar-refractivity contribution is 0.412. The zero-order chi connectivity index (χ0) is 20.5. The van der Waals surface area contributed by atoms with Crippen molar-refractivity contribution in [2.24, 2.45) is 4.99 Å². The Bertz CT molecular complexity index is 1090. The summed E-state index contributed by atoms with van der Waals surface area (Å²) in [7, 11) is 0. The Morgan fingerprint density at radius 2 is 1.62 bits per heavy atom. The predicted molar refractivity (Wildman–Crippen MR) is 123 cm³/mol. The molecular weight excluding hydrogens is 495 g/mol. The van der Waals surface area contributed by atoms with Crippen molar-refractivity contribution in [3.05, 3.63) is 96.9 Å². The second-order valence-corrected chi connectivity index (χ2v) is 8.97. The number of nitrogens with one attached hydrogen (secondary N) is 1. The highest BCUT2D eigenvalue weighted by Crippen LogP contribution is 2.37. The van der Waals surface area contributed by atoms with Gasteiger partial charge in [-0.2, -0.15) is 0 Å². The van der Waals surface area contributed by atoms with Crippen LogP contribution in [0.4, 0.5) is 0 Å². The number of hydrogen-bond acceptors (Lipinski definition) is 3. The first-order valence-electron chi connectivity index (χ1n) is 8.93. The molecule has 0 bridgehead atoms. The van der Waals surface area contributed by atoms with Crippen LogP contribution in [0.25, 0.3) is 0 Å². The highest BCUT2D eigenvalue weighted by molar-refractivity contribution is 9.10. The van der Waals surface area contributed by atoms with Crippen molar-refractivity contribution in [1.82, 2.24) is 5.32 Å². The average molecular weight is 511 g/mol. The van der Waals surface area contributed by atoms with Crippen LogP contribution in [0.3, 0.4) is 0 Å². The number of aliphatic imine (C=N–C) groups is 1. The predicted octanol–water partition coefficient (Wildman–Crippen LogP) is 7.34. The minimum Gasteiger partial charge on any atom is -0.508 e. The molecule has 1 aliphatic rings. The van der Waals surface area contributed by atoms with Crippen molar-refractivity contribution < 1.29 is 5.11 Å². The van der Waals surface area contributed by atoms with Crippen LogP contribution in [0.1, 0.15) is 35.3 Å². The minimum atomic E-state index is -0.387. The fourth-order valence-corrected chi connectivity index (χ4v) is 4.43. The van der Waals surface area contributed by atoms with Crippen LogP contribution in [0.15, 0.2) is 70.1 Å². The van der Waals surface area contributed by atoms with Gasteiger partial charge in [-0.3, -0.25) is 10.3 Å². The van der Waals surface area contributed by atoms with Crippen LogP contribution in [0.2, 0.25) is 15.1 Å². The van der Waals surface area contributed by atoms with E-state index in [9.17, 15) is 5.11 Å². The van der Waals surface area contributed by atoms with E-state index in [0.717, 1.165) is 26.9 Å². The summed E-state index contributed by atoms with van der Waals surface area (Å²) < 4.78 is 0.892. The molecular formula is C22H16BrCl3N2O. The summed E-state index contributed by atoms with van der Waals surface area (Å²) in [6.07, 6.45) is 0.218. The van der Waals surface area contributed by atoms with Crippen LogP contribution < -0.4 is 5.32 Å².